The van der Waals surface area contributed by atoms with Gasteiger partial charge in [-0.3, -0.25) is 15.0 Å². The summed E-state index contributed by atoms with van der Waals surface area (Å²) < 4.78 is 5.48. The van der Waals surface area contributed by atoms with Crippen LogP contribution in [-0.4, -0.2) is 23.6 Å². The summed E-state index contributed by atoms with van der Waals surface area (Å²) in [7, 11) is 0. The lowest BCUT2D eigenvalue weighted by atomic mass is 10.2. The Kier molecular flexibility index (Phi) is 5.38. The molecule has 2 amide bonds. The van der Waals surface area contributed by atoms with Gasteiger partial charge in [-0.15, -0.1) is 0 Å². The molecule has 1 saturated heterocycles. The average molecular weight is 367 g/mol. The van der Waals surface area contributed by atoms with Gasteiger partial charge in [-0.1, -0.05) is 29.8 Å². The van der Waals surface area contributed by atoms with E-state index in [4.69, 9.17) is 10.1 Å². The van der Waals surface area contributed by atoms with Crippen LogP contribution in [0, 0.1) is 12.3 Å². The fourth-order valence-electron chi connectivity index (χ4n) is 2.24. The Morgan fingerprint density at radius 3 is 2.50 bits per heavy atom. The second-order valence-electron chi connectivity index (χ2n) is 5.67. The van der Waals surface area contributed by atoms with E-state index in [1.807, 2.05) is 31.2 Å². The van der Waals surface area contributed by atoms with E-state index >= 15 is 0 Å². The van der Waals surface area contributed by atoms with E-state index in [9.17, 15) is 9.59 Å². The van der Waals surface area contributed by atoms with E-state index in [2.05, 4.69) is 10.6 Å². The number of amidine groups is 1. The van der Waals surface area contributed by atoms with Crippen molar-refractivity contribution in [3.8, 4) is 5.75 Å². The quantitative estimate of drug-likeness (QED) is 0.708. The van der Waals surface area contributed by atoms with Gasteiger partial charge in [0, 0.05) is 5.69 Å². The molecule has 1 aliphatic rings. The minimum Gasteiger partial charge on any atom is -0.484 e. The Labute approximate surface area is 155 Å². The minimum absolute atomic E-state index is 0.0935. The van der Waals surface area contributed by atoms with E-state index in [0.29, 0.717) is 10.7 Å². The van der Waals surface area contributed by atoms with Crippen molar-refractivity contribution in [1.82, 2.24) is 5.32 Å². The van der Waals surface area contributed by atoms with Gasteiger partial charge in [0.25, 0.3) is 11.8 Å². The van der Waals surface area contributed by atoms with Crippen molar-refractivity contribution in [2.24, 2.45) is 0 Å². The van der Waals surface area contributed by atoms with Gasteiger partial charge in [0.05, 0.1) is 4.91 Å². The summed E-state index contributed by atoms with van der Waals surface area (Å²) in [5.74, 6) is 0.0492. The zero-order chi connectivity index (χ0) is 18.5. The molecule has 3 N–H and O–H groups in total. The molecule has 0 aromatic heterocycles. The van der Waals surface area contributed by atoms with Crippen molar-refractivity contribution in [2.75, 3.05) is 11.9 Å². The van der Waals surface area contributed by atoms with Gasteiger partial charge in [-0.2, -0.15) is 0 Å². The monoisotopic (exact) mass is 367 g/mol. The molecule has 0 bridgehead atoms. The number of rotatable bonds is 5. The van der Waals surface area contributed by atoms with Crippen LogP contribution in [0.1, 0.15) is 11.1 Å². The zero-order valence-electron chi connectivity index (χ0n) is 14.0. The Morgan fingerprint density at radius 2 is 1.88 bits per heavy atom. The van der Waals surface area contributed by atoms with Crippen molar-refractivity contribution in [2.45, 2.75) is 6.92 Å². The summed E-state index contributed by atoms with van der Waals surface area (Å²) in [5, 5.41) is 12.7. The molecule has 1 fully saturated rings. The van der Waals surface area contributed by atoms with Crippen LogP contribution in [0.15, 0.2) is 53.4 Å². The molecule has 1 aliphatic heterocycles. The molecule has 7 heteroatoms. The molecule has 0 unspecified atom stereocenters. The summed E-state index contributed by atoms with van der Waals surface area (Å²) in [6.07, 6.45) is 1.70. The molecule has 3 rings (SSSR count). The maximum atomic E-state index is 11.9. The van der Waals surface area contributed by atoms with Crippen LogP contribution in [0.4, 0.5) is 5.69 Å². The zero-order valence-corrected chi connectivity index (χ0v) is 14.9. The first-order valence-corrected chi connectivity index (χ1v) is 8.70. The van der Waals surface area contributed by atoms with Crippen LogP contribution in [0.5, 0.6) is 5.75 Å². The van der Waals surface area contributed by atoms with Gasteiger partial charge in [0.2, 0.25) is 0 Å². The Balaban J connectivity index is 1.53. The number of benzene rings is 2. The van der Waals surface area contributed by atoms with E-state index in [1.54, 1.807) is 30.3 Å². The molecule has 1 heterocycles. The number of thioether (sulfide) groups is 1. The first-order chi connectivity index (χ1) is 12.5. The molecular weight excluding hydrogens is 350 g/mol. The van der Waals surface area contributed by atoms with Gasteiger partial charge in [-0.25, -0.2) is 0 Å². The highest BCUT2D eigenvalue weighted by molar-refractivity contribution is 8.18. The summed E-state index contributed by atoms with van der Waals surface area (Å²) in [4.78, 5) is 24.0. The summed E-state index contributed by atoms with van der Waals surface area (Å²) in [6, 6.07) is 14.6. The fourth-order valence-corrected chi connectivity index (χ4v) is 2.94. The maximum absolute atomic E-state index is 11.9. The van der Waals surface area contributed by atoms with Gasteiger partial charge < -0.3 is 15.4 Å². The largest absolute Gasteiger partial charge is 0.484 e. The summed E-state index contributed by atoms with van der Waals surface area (Å²) >= 11 is 1.09. The molecule has 0 saturated carbocycles. The lowest BCUT2D eigenvalue weighted by Gasteiger charge is -2.08. The highest BCUT2D eigenvalue weighted by atomic mass is 32.2. The standard InChI is InChI=1S/C19H17N3O3S/c1-12-2-6-14(7-3-12)21-17(23)11-25-15-8-4-13(5-9-15)10-16-18(24)22-19(20)26-16/h2-10H,11H2,1H3,(H,21,23)(H2,20,22,24)/b16-10-. The Morgan fingerprint density at radius 1 is 1.19 bits per heavy atom. The molecule has 2 aromatic carbocycles. The normalized spacial score (nSPS) is 15.0. The fraction of sp³-hybridized carbons (Fsp3) is 0.105. The number of ether oxygens (including phenoxy) is 1. The third-order valence-corrected chi connectivity index (χ3v) is 4.38. The second-order valence-corrected chi connectivity index (χ2v) is 6.72. The highest BCUT2D eigenvalue weighted by Crippen LogP contribution is 2.25. The average Bonchev–Trinajstić information content (AvgIpc) is 2.93. The molecule has 0 spiro atoms. The number of hydrogen-bond donors (Lipinski definition) is 3. The smallest absolute Gasteiger partial charge is 0.264 e. The Hall–Kier alpha value is -3.06. The van der Waals surface area contributed by atoms with E-state index in [-0.39, 0.29) is 23.6 Å². The number of nitrogens with one attached hydrogen (secondary N) is 3. The molecule has 6 nitrogen and oxygen atoms in total. The topological polar surface area (TPSA) is 91.3 Å². The first kappa shape index (κ1) is 17.8. The lowest BCUT2D eigenvalue weighted by molar-refractivity contribution is -0.118. The molecule has 2 aromatic rings. The van der Waals surface area contributed by atoms with Crippen LogP contribution >= 0.6 is 11.8 Å². The molecule has 26 heavy (non-hydrogen) atoms. The van der Waals surface area contributed by atoms with E-state index in [0.717, 1.165) is 28.6 Å². The van der Waals surface area contributed by atoms with Gasteiger partial charge in [-0.05, 0) is 54.6 Å². The number of anilines is 1. The highest BCUT2D eigenvalue weighted by Gasteiger charge is 2.21. The molecular formula is C19H17N3O3S. The maximum Gasteiger partial charge on any atom is 0.264 e. The third kappa shape index (κ3) is 4.73. The van der Waals surface area contributed by atoms with Crippen LogP contribution in [0.25, 0.3) is 6.08 Å². The predicted molar refractivity (Wildman–Crippen MR) is 103 cm³/mol. The number of amides is 2. The SMILES string of the molecule is Cc1ccc(NC(=O)COc2ccc(/C=C3\SC(=N)NC3=O)cc2)cc1. The van der Waals surface area contributed by atoms with Crippen LogP contribution < -0.4 is 15.4 Å². The minimum atomic E-state index is -0.270. The van der Waals surface area contributed by atoms with Crippen molar-refractivity contribution in [1.29, 1.82) is 5.41 Å². The molecule has 0 radical (unpaired) electrons. The summed E-state index contributed by atoms with van der Waals surface area (Å²) in [5.41, 5.74) is 2.66. The van der Waals surface area contributed by atoms with Crippen molar-refractivity contribution in [3.63, 3.8) is 0 Å². The van der Waals surface area contributed by atoms with Crippen molar-refractivity contribution < 1.29 is 14.3 Å². The van der Waals surface area contributed by atoms with Gasteiger partial charge in [0.15, 0.2) is 11.8 Å². The first-order valence-electron chi connectivity index (χ1n) is 7.88. The van der Waals surface area contributed by atoms with Crippen molar-refractivity contribution in [3.05, 3.63) is 64.6 Å². The molecule has 0 aliphatic carbocycles. The van der Waals surface area contributed by atoms with Crippen molar-refractivity contribution >= 4 is 40.5 Å². The Bertz CT molecular complexity index is 874. The molecule has 132 valence electrons. The molecule has 0 atom stereocenters. The van der Waals surface area contributed by atoms with Crippen LogP contribution in [0.2, 0.25) is 0 Å². The summed E-state index contributed by atoms with van der Waals surface area (Å²) in [6.45, 7) is 1.89. The van der Waals surface area contributed by atoms with Gasteiger partial charge in [0.1, 0.15) is 5.75 Å². The van der Waals surface area contributed by atoms with E-state index in [1.165, 1.54) is 0 Å². The number of hydrogen-bond acceptors (Lipinski definition) is 5. The third-order valence-electron chi connectivity index (χ3n) is 3.55. The number of carbonyl (C=O) groups excluding carboxylic acids is 2. The van der Waals surface area contributed by atoms with Crippen LogP contribution in [0.3, 0.4) is 0 Å². The number of carbonyl (C=O) groups is 2. The van der Waals surface area contributed by atoms with E-state index < -0.39 is 0 Å². The lowest BCUT2D eigenvalue weighted by Crippen LogP contribution is -2.20. The predicted octanol–water partition coefficient (Wildman–Crippen LogP) is 3.15. The second kappa shape index (κ2) is 7.88. The number of aryl methyl sites for hydroxylation is 1. The van der Waals surface area contributed by atoms with Gasteiger partial charge >= 0.3 is 0 Å². The van der Waals surface area contributed by atoms with Crippen LogP contribution in [-0.2, 0) is 9.59 Å².